The Bertz CT molecular complexity index is 1100. The van der Waals surface area contributed by atoms with Crippen LogP contribution in [0.1, 0.15) is 27.2 Å². The van der Waals surface area contributed by atoms with Gasteiger partial charge in [0.2, 0.25) is 5.88 Å². The number of nitrogens with one attached hydrogen (secondary N) is 1. The zero-order chi connectivity index (χ0) is 21.4. The maximum Gasteiger partial charge on any atom is 0.255 e. The molecule has 1 saturated heterocycles. The number of nitrogens with two attached hydrogens (primary N) is 1. The highest BCUT2D eigenvalue weighted by atomic mass is 19.1. The number of pyridine rings is 1. The Labute approximate surface area is 171 Å². The van der Waals surface area contributed by atoms with Crippen LogP contribution in [0.15, 0.2) is 30.3 Å². The van der Waals surface area contributed by atoms with Gasteiger partial charge in [-0.3, -0.25) is 4.79 Å². The summed E-state index contributed by atoms with van der Waals surface area (Å²) in [5.41, 5.74) is 8.00. The number of carbonyl (C=O) groups is 1. The first-order valence-electron chi connectivity index (χ1n) is 9.55. The van der Waals surface area contributed by atoms with Gasteiger partial charge in [-0.1, -0.05) is 6.07 Å². The summed E-state index contributed by atoms with van der Waals surface area (Å²) < 4.78 is 40.3. The molecule has 3 aromatic rings. The van der Waals surface area contributed by atoms with E-state index in [1.54, 1.807) is 19.1 Å². The number of rotatable bonds is 5. The van der Waals surface area contributed by atoms with Crippen molar-refractivity contribution in [3.63, 3.8) is 0 Å². The van der Waals surface area contributed by atoms with Gasteiger partial charge in [-0.05, 0) is 37.6 Å². The number of hydrogen-bond acceptors (Lipinski definition) is 5. The molecular weight excluding hydrogens is 394 g/mol. The van der Waals surface area contributed by atoms with Crippen LogP contribution in [0.3, 0.4) is 0 Å². The molecule has 1 fully saturated rings. The Morgan fingerprint density at radius 3 is 2.70 bits per heavy atom. The number of halogens is 2. The number of hydrogen-bond donors (Lipinski definition) is 2. The summed E-state index contributed by atoms with van der Waals surface area (Å²) >= 11 is 0. The highest BCUT2D eigenvalue weighted by molar-refractivity contribution is 6.02. The zero-order valence-corrected chi connectivity index (χ0v) is 16.6. The number of nitrogens with zero attached hydrogens (tertiary/aromatic N) is 2. The van der Waals surface area contributed by atoms with E-state index in [-0.39, 0.29) is 36.0 Å². The summed E-state index contributed by atoms with van der Waals surface area (Å²) in [7, 11) is 0. The molecule has 1 amide bonds. The maximum absolute atomic E-state index is 13.9. The number of ether oxygens (including phenoxy) is 2. The van der Waals surface area contributed by atoms with Crippen molar-refractivity contribution in [2.24, 2.45) is 5.73 Å². The summed E-state index contributed by atoms with van der Waals surface area (Å²) in [4.78, 5) is 12.9. The molecule has 2 aromatic heterocycles. The largest absolute Gasteiger partial charge is 0.473 e. The van der Waals surface area contributed by atoms with Crippen LogP contribution in [-0.2, 0) is 11.3 Å². The van der Waals surface area contributed by atoms with E-state index in [0.29, 0.717) is 30.0 Å². The Kier molecular flexibility index (Phi) is 5.40. The van der Waals surface area contributed by atoms with E-state index in [9.17, 15) is 13.6 Å². The van der Waals surface area contributed by atoms with Crippen molar-refractivity contribution in [1.82, 2.24) is 14.9 Å². The highest BCUT2D eigenvalue weighted by Crippen LogP contribution is 2.25. The molecule has 158 valence electrons. The predicted octanol–water partition coefficient (Wildman–Crippen LogP) is 2.26. The molecule has 3 heterocycles. The summed E-state index contributed by atoms with van der Waals surface area (Å²) in [6.45, 7) is 3.98. The van der Waals surface area contributed by atoms with Crippen LogP contribution in [0.2, 0.25) is 0 Å². The van der Waals surface area contributed by atoms with E-state index in [1.165, 1.54) is 22.7 Å². The van der Waals surface area contributed by atoms with Gasteiger partial charge in [0.25, 0.3) is 5.91 Å². The number of amides is 1. The first-order chi connectivity index (χ1) is 14.3. The van der Waals surface area contributed by atoms with E-state index in [0.717, 1.165) is 5.56 Å². The molecule has 1 aliphatic rings. The average molecular weight is 416 g/mol. The molecule has 4 rings (SSSR count). The van der Waals surface area contributed by atoms with Gasteiger partial charge in [0.1, 0.15) is 18.2 Å². The average Bonchev–Trinajstić information content (AvgIpc) is 3.23. The van der Waals surface area contributed by atoms with Gasteiger partial charge in [0.05, 0.1) is 47.6 Å². The van der Waals surface area contributed by atoms with Crippen molar-refractivity contribution in [2.45, 2.75) is 32.5 Å². The second-order valence-corrected chi connectivity index (χ2v) is 7.40. The van der Waals surface area contributed by atoms with Gasteiger partial charge in [0.15, 0.2) is 0 Å². The minimum absolute atomic E-state index is 0.177. The van der Waals surface area contributed by atoms with Crippen molar-refractivity contribution >= 4 is 11.4 Å². The van der Waals surface area contributed by atoms with Gasteiger partial charge >= 0.3 is 0 Å². The van der Waals surface area contributed by atoms with Gasteiger partial charge in [-0.15, -0.1) is 0 Å². The fraction of sp³-hybridized carbons (Fsp3) is 0.333. The van der Waals surface area contributed by atoms with E-state index in [4.69, 9.17) is 15.2 Å². The molecule has 0 aliphatic carbocycles. The highest BCUT2D eigenvalue weighted by Gasteiger charge is 2.29. The van der Waals surface area contributed by atoms with E-state index < -0.39 is 11.6 Å². The van der Waals surface area contributed by atoms with Gasteiger partial charge in [-0.25, -0.2) is 8.78 Å². The van der Waals surface area contributed by atoms with Crippen molar-refractivity contribution in [2.75, 3.05) is 13.2 Å². The van der Waals surface area contributed by atoms with Crippen LogP contribution >= 0.6 is 0 Å². The third kappa shape index (κ3) is 3.73. The molecule has 9 heteroatoms. The molecule has 0 saturated carbocycles. The molecular formula is C21H22F2N4O3. The number of fused-ring (bicyclic) bond motifs is 1. The number of aryl methyl sites for hydroxylation is 2. The lowest BCUT2D eigenvalue weighted by Crippen LogP contribution is -2.46. The van der Waals surface area contributed by atoms with Gasteiger partial charge in [-0.2, -0.15) is 9.61 Å². The zero-order valence-electron chi connectivity index (χ0n) is 16.6. The maximum atomic E-state index is 13.9. The lowest BCUT2D eigenvalue weighted by Gasteiger charge is -2.15. The summed E-state index contributed by atoms with van der Waals surface area (Å²) in [6.07, 6.45) is 0. The second kappa shape index (κ2) is 8.00. The molecule has 1 aliphatic heterocycles. The van der Waals surface area contributed by atoms with Crippen LogP contribution in [0.25, 0.3) is 5.52 Å². The summed E-state index contributed by atoms with van der Waals surface area (Å²) in [5.74, 6) is -1.42. The minimum atomic E-state index is -0.689. The Balaban J connectivity index is 1.66. The number of benzene rings is 1. The third-order valence-electron chi connectivity index (χ3n) is 5.11. The van der Waals surface area contributed by atoms with Crippen molar-refractivity contribution in [1.29, 1.82) is 0 Å². The van der Waals surface area contributed by atoms with Crippen molar-refractivity contribution < 1.29 is 23.0 Å². The fourth-order valence-electron chi connectivity index (χ4n) is 3.52. The molecule has 0 unspecified atom stereocenters. The van der Waals surface area contributed by atoms with E-state index in [1.807, 2.05) is 6.92 Å². The monoisotopic (exact) mass is 416 g/mol. The van der Waals surface area contributed by atoms with Crippen LogP contribution in [0.4, 0.5) is 8.78 Å². The molecule has 30 heavy (non-hydrogen) atoms. The third-order valence-corrected chi connectivity index (χ3v) is 5.11. The Hall–Kier alpha value is -3.04. The standard InChI is InChI=1S/C21H22F2N4O3/c1-11-6-18-20(21(28)25-17-10-29-9-16(17)24)12(2)26-27(18)19(7-11)30-8-13-14(22)4-3-5-15(13)23/h3-7,16-17H,8-10,24H2,1-2H3,(H,25,28)/t16-,17+/m0/s1. The van der Waals surface area contributed by atoms with E-state index in [2.05, 4.69) is 10.4 Å². The molecule has 2 atom stereocenters. The van der Waals surface area contributed by atoms with Crippen LogP contribution in [0.5, 0.6) is 5.88 Å². The second-order valence-electron chi connectivity index (χ2n) is 7.40. The summed E-state index contributed by atoms with van der Waals surface area (Å²) in [5, 5.41) is 7.30. The molecule has 0 bridgehead atoms. The first kappa shape index (κ1) is 20.2. The first-order valence-corrected chi connectivity index (χ1v) is 9.55. The predicted molar refractivity (Wildman–Crippen MR) is 105 cm³/mol. The van der Waals surface area contributed by atoms with Crippen LogP contribution < -0.4 is 15.8 Å². The molecule has 7 nitrogen and oxygen atoms in total. The smallest absolute Gasteiger partial charge is 0.255 e. The van der Waals surface area contributed by atoms with Gasteiger partial charge < -0.3 is 20.5 Å². The van der Waals surface area contributed by atoms with E-state index >= 15 is 0 Å². The van der Waals surface area contributed by atoms with Crippen LogP contribution in [0, 0.1) is 25.5 Å². The number of carbonyl (C=O) groups excluding carboxylic acids is 1. The number of aromatic nitrogens is 2. The SMILES string of the molecule is Cc1cc(OCc2c(F)cccc2F)n2nc(C)c(C(=O)N[C@@H]3COC[C@@H]3N)c2c1. The fourth-order valence-corrected chi connectivity index (χ4v) is 3.52. The van der Waals surface area contributed by atoms with Crippen LogP contribution in [-0.4, -0.2) is 40.8 Å². The van der Waals surface area contributed by atoms with Gasteiger partial charge in [0, 0.05) is 6.07 Å². The molecule has 3 N–H and O–H groups in total. The molecule has 1 aromatic carbocycles. The Morgan fingerprint density at radius 1 is 1.30 bits per heavy atom. The quantitative estimate of drug-likeness (QED) is 0.666. The minimum Gasteiger partial charge on any atom is -0.473 e. The van der Waals surface area contributed by atoms with Crippen molar-refractivity contribution in [3.05, 3.63) is 64.4 Å². The lowest BCUT2D eigenvalue weighted by atomic mass is 10.1. The topological polar surface area (TPSA) is 90.9 Å². The van der Waals surface area contributed by atoms with Crippen molar-refractivity contribution in [3.8, 4) is 5.88 Å². The molecule has 0 spiro atoms. The lowest BCUT2D eigenvalue weighted by molar-refractivity contribution is 0.0929. The Morgan fingerprint density at radius 2 is 2.03 bits per heavy atom. The summed E-state index contributed by atoms with van der Waals surface area (Å²) in [6, 6.07) is 6.58. The normalized spacial score (nSPS) is 18.7. The molecule has 0 radical (unpaired) electrons.